The lowest BCUT2D eigenvalue weighted by atomic mass is 10.0. The van der Waals surface area contributed by atoms with E-state index in [0.717, 1.165) is 30.5 Å². The first kappa shape index (κ1) is 13.3. The van der Waals surface area contributed by atoms with E-state index in [1.165, 1.54) is 5.56 Å². The Hall–Kier alpha value is -2.10. The van der Waals surface area contributed by atoms with Gasteiger partial charge in [0.15, 0.2) is 0 Å². The predicted octanol–water partition coefficient (Wildman–Crippen LogP) is 2.82. The number of anilines is 1. The maximum absolute atomic E-state index is 11.7. The highest BCUT2D eigenvalue weighted by atomic mass is 16.1. The van der Waals surface area contributed by atoms with Crippen molar-refractivity contribution in [2.45, 2.75) is 26.7 Å². The number of aryl methyl sites for hydroxylation is 1. The maximum Gasteiger partial charge on any atom is 0.271 e. The van der Waals surface area contributed by atoms with Gasteiger partial charge in [0.05, 0.1) is 0 Å². The van der Waals surface area contributed by atoms with Gasteiger partial charge in [0.1, 0.15) is 5.69 Å². The molecule has 0 bridgehead atoms. The van der Waals surface area contributed by atoms with Crippen molar-refractivity contribution < 1.29 is 0 Å². The summed E-state index contributed by atoms with van der Waals surface area (Å²) in [5.74, 6) is 0. The number of H-pyrrole nitrogens is 1. The van der Waals surface area contributed by atoms with Gasteiger partial charge in [-0.05, 0) is 36.1 Å². The van der Waals surface area contributed by atoms with E-state index in [1.807, 2.05) is 18.3 Å². The van der Waals surface area contributed by atoms with E-state index in [4.69, 9.17) is 0 Å². The highest BCUT2D eigenvalue weighted by molar-refractivity contribution is 5.69. The number of pyridine rings is 2. The van der Waals surface area contributed by atoms with Crippen LogP contribution in [0.2, 0.25) is 0 Å². The number of hydrogen-bond acceptors (Lipinski definition) is 3. The Morgan fingerprint density at radius 1 is 1.37 bits per heavy atom. The fourth-order valence-corrected chi connectivity index (χ4v) is 2.02. The molecule has 19 heavy (non-hydrogen) atoms. The van der Waals surface area contributed by atoms with Crippen LogP contribution in [0.15, 0.2) is 35.5 Å². The summed E-state index contributed by atoms with van der Waals surface area (Å²) in [7, 11) is 0. The molecule has 2 rings (SSSR count). The van der Waals surface area contributed by atoms with E-state index in [2.05, 4.69) is 29.1 Å². The minimum Gasteiger partial charge on any atom is -0.381 e. The van der Waals surface area contributed by atoms with Gasteiger partial charge in [-0.1, -0.05) is 13.8 Å². The summed E-state index contributed by atoms with van der Waals surface area (Å²) >= 11 is 0. The Bertz CT molecular complexity index is 604. The number of nitrogens with one attached hydrogen (secondary N) is 2. The standard InChI is InChI=1S/C15H19N3O/c1-3-6-17-14-8-12(10-18-15(14)19)13-5-7-16-9-11(13)4-2/h5,7-10,17H,3-4,6H2,1-2H3,(H,18,19). The normalized spacial score (nSPS) is 10.4. The van der Waals surface area contributed by atoms with Gasteiger partial charge in [-0.3, -0.25) is 9.78 Å². The third-order valence-electron chi connectivity index (χ3n) is 3.06. The van der Waals surface area contributed by atoms with E-state index < -0.39 is 0 Å². The number of rotatable bonds is 5. The van der Waals surface area contributed by atoms with Crippen LogP contribution in [0.3, 0.4) is 0 Å². The summed E-state index contributed by atoms with van der Waals surface area (Å²) in [6, 6.07) is 3.89. The molecule has 0 saturated carbocycles. The maximum atomic E-state index is 11.7. The second kappa shape index (κ2) is 6.18. The van der Waals surface area contributed by atoms with Crippen LogP contribution in [0.1, 0.15) is 25.8 Å². The molecule has 0 aliphatic heterocycles. The minimum absolute atomic E-state index is 0.0793. The van der Waals surface area contributed by atoms with Gasteiger partial charge in [0.25, 0.3) is 5.56 Å². The van der Waals surface area contributed by atoms with Crippen molar-refractivity contribution in [1.82, 2.24) is 9.97 Å². The van der Waals surface area contributed by atoms with Crippen LogP contribution in [-0.4, -0.2) is 16.5 Å². The minimum atomic E-state index is -0.0793. The summed E-state index contributed by atoms with van der Waals surface area (Å²) < 4.78 is 0. The van der Waals surface area contributed by atoms with Crippen LogP contribution in [0.5, 0.6) is 0 Å². The quantitative estimate of drug-likeness (QED) is 0.866. The topological polar surface area (TPSA) is 57.8 Å². The lowest BCUT2D eigenvalue weighted by molar-refractivity contribution is 0.974. The molecule has 0 saturated heterocycles. The molecule has 4 heteroatoms. The van der Waals surface area contributed by atoms with Crippen molar-refractivity contribution >= 4 is 5.69 Å². The second-order valence-electron chi connectivity index (χ2n) is 4.44. The van der Waals surface area contributed by atoms with Crippen molar-refractivity contribution in [3.63, 3.8) is 0 Å². The van der Waals surface area contributed by atoms with Gasteiger partial charge in [-0.25, -0.2) is 0 Å². The summed E-state index contributed by atoms with van der Waals surface area (Å²) in [5.41, 5.74) is 3.85. The predicted molar refractivity (Wildman–Crippen MR) is 78.5 cm³/mol. The van der Waals surface area contributed by atoms with Crippen LogP contribution >= 0.6 is 0 Å². The van der Waals surface area contributed by atoms with E-state index in [9.17, 15) is 4.79 Å². The SMILES string of the molecule is CCCNc1cc(-c2ccncc2CC)c[nH]c1=O. The number of aromatic amines is 1. The highest BCUT2D eigenvalue weighted by Crippen LogP contribution is 2.23. The molecule has 0 unspecified atom stereocenters. The average Bonchev–Trinajstić information content (AvgIpc) is 2.46. The van der Waals surface area contributed by atoms with Gasteiger partial charge < -0.3 is 10.3 Å². The zero-order valence-corrected chi connectivity index (χ0v) is 11.4. The zero-order valence-electron chi connectivity index (χ0n) is 11.4. The third-order valence-corrected chi connectivity index (χ3v) is 3.06. The fraction of sp³-hybridized carbons (Fsp3) is 0.333. The number of hydrogen-bond donors (Lipinski definition) is 2. The third kappa shape index (κ3) is 3.02. The van der Waals surface area contributed by atoms with Gasteiger partial charge in [0, 0.05) is 30.7 Å². The van der Waals surface area contributed by atoms with Gasteiger partial charge in [-0.15, -0.1) is 0 Å². The molecule has 0 aliphatic rings. The molecule has 2 N–H and O–H groups in total. The van der Waals surface area contributed by atoms with Gasteiger partial charge >= 0.3 is 0 Å². The fourth-order valence-electron chi connectivity index (χ4n) is 2.02. The van der Waals surface area contributed by atoms with Crippen LogP contribution < -0.4 is 10.9 Å². The Kier molecular flexibility index (Phi) is 4.34. The molecule has 2 heterocycles. The zero-order chi connectivity index (χ0) is 13.7. The monoisotopic (exact) mass is 257 g/mol. The first-order valence-corrected chi connectivity index (χ1v) is 6.66. The summed E-state index contributed by atoms with van der Waals surface area (Å²) in [6.45, 7) is 4.97. The van der Waals surface area contributed by atoms with Gasteiger partial charge in [-0.2, -0.15) is 0 Å². The lowest BCUT2D eigenvalue weighted by Crippen LogP contribution is -2.14. The van der Waals surface area contributed by atoms with Crippen LogP contribution in [0.4, 0.5) is 5.69 Å². The molecule has 0 aromatic carbocycles. The Labute approximate surface area is 112 Å². The van der Waals surface area contributed by atoms with Crippen molar-refractivity contribution in [2.75, 3.05) is 11.9 Å². The number of aromatic nitrogens is 2. The Balaban J connectivity index is 2.42. The van der Waals surface area contributed by atoms with Crippen molar-refractivity contribution in [3.05, 3.63) is 46.6 Å². The Morgan fingerprint density at radius 3 is 2.95 bits per heavy atom. The molecular formula is C15H19N3O. The average molecular weight is 257 g/mol. The van der Waals surface area contributed by atoms with Crippen LogP contribution in [0, 0.1) is 0 Å². The molecule has 0 atom stereocenters. The first-order chi connectivity index (χ1) is 9.26. The van der Waals surface area contributed by atoms with E-state index in [-0.39, 0.29) is 5.56 Å². The van der Waals surface area contributed by atoms with E-state index >= 15 is 0 Å². The van der Waals surface area contributed by atoms with E-state index in [1.54, 1.807) is 12.4 Å². The van der Waals surface area contributed by atoms with Gasteiger partial charge in [0.2, 0.25) is 0 Å². The van der Waals surface area contributed by atoms with Crippen LogP contribution in [0.25, 0.3) is 11.1 Å². The summed E-state index contributed by atoms with van der Waals surface area (Å²) in [5, 5.41) is 3.15. The lowest BCUT2D eigenvalue weighted by Gasteiger charge is -2.09. The van der Waals surface area contributed by atoms with Crippen molar-refractivity contribution in [2.24, 2.45) is 0 Å². The molecule has 4 nitrogen and oxygen atoms in total. The summed E-state index contributed by atoms with van der Waals surface area (Å²) in [6.07, 6.45) is 7.31. The molecule has 2 aromatic heterocycles. The smallest absolute Gasteiger partial charge is 0.271 e. The molecular weight excluding hydrogens is 238 g/mol. The molecule has 100 valence electrons. The highest BCUT2D eigenvalue weighted by Gasteiger charge is 2.06. The molecule has 2 aromatic rings. The molecule has 0 radical (unpaired) electrons. The number of nitrogens with zero attached hydrogens (tertiary/aromatic N) is 1. The molecule has 0 spiro atoms. The summed E-state index contributed by atoms with van der Waals surface area (Å²) in [4.78, 5) is 18.7. The molecule has 0 fully saturated rings. The molecule has 0 aliphatic carbocycles. The largest absolute Gasteiger partial charge is 0.381 e. The van der Waals surface area contributed by atoms with Crippen LogP contribution in [-0.2, 0) is 6.42 Å². The molecule has 0 amide bonds. The first-order valence-electron chi connectivity index (χ1n) is 6.66. The van der Waals surface area contributed by atoms with Crippen molar-refractivity contribution in [3.8, 4) is 11.1 Å². The second-order valence-corrected chi connectivity index (χ2v) is 4.44. The Morgan fingerprint density at radius 2 is 2.21 bits per heavy atom. The van der Waals surface area contributed by atoms with E-state index in [0.29, 0.717) is 5.69 Å². The van der Waals surface area contributed by atoms with Crippen molar-refractivity contribution in [1.29, 1.82) is 0 Å².